The zero-order chi connectivity index (χ0) is 23.0. The fourth-order valence-electron chi connectivity index (χ4n) is 2.92. The molecule has 0 bridgehead atoms. The maximum atomic E-state index is 6.79. The number of benzene rings is 2. The van der Waals surface area contributed by atoms with E-state index in [2.05, 4.69) is 111 Å². The van der Waals surface area contributed by atoms with Gasteiger partial charge in [-0.2, -0.15) is 0 Å². The van der Waals surface area contributed by atoms with Crippen molar-refractivity contribution in [3.05, 3.63) is 107 Å². The summed E-state index contributed by atoms with van der Waals surface area (Å²) in [6, 6.07) is 27.2. The number of pyridine rings is 1. The molecule has 1 heterocycles. The fraction of sp³-hybridized carbons (Fsp3) is 0.296. The van der Waals surface area contributed by atoms with Crippen molar-refractivity contribution in [2.24, 2.45) is 0 Å². The Morgan fingerprint density at radius 2 is 1.41 bits per heavy atom. The van der Waals surface area contributed by atoms with Crippen LogP contribution in [0, 0.1) is 0 Å². The van der Waals surface area contributed by atoms with Crippen molar-refractivity contribution in [1.29, 1.82) is 0 Å². The van der Waals surface area contributed by atoms with Crippen LogP contribution in [-0.2, 0) is 17.5 Å². The van der Waals surface area contributed by atoms with Gasteiger partial charge in [0.05, 0.1) is 0 Å². The molecule has 0 saturated heterocycles. The van der Waals surface area contributed by atoms with Crippen LogP contribution >= 0.6 is 11.8 Å². The molecule has 2 aromatic carbocycles. The zero-order valence-corrected chi connectivity index (χ0v) is 21.6. The molecule has 3 nitrogen and oxygen atoms in total. The van der Waals surface area contributed by atoms with Gasteiger partial charge in [-0.25, -0.2) is 4.98 Å². The third-order valence-corrected chi connectivity index (χ3v) is 11.1. The number of aromatic nitrogens is 1. The van der Waals surface area contributed by atoms with Gasteiger partial charge >= 0.3 is 0 Å². The Morgan fingerprint density at radius 1 is 0.875 bits per heavy atom. The molecule has 3 rings (SSSR count). The summed E-state index contributed by atoms with van der Waals surface area (Å²) in [5, 5.41) is 1.96. The normalized spacial score (nSPS) is 12.5. The van der Waals surface area contributed by atoms with Crippen LogP contribution in [-0.4, -0.2) is 18.2 Å². The van der Waals surface area contributed by atoms with Gasteiger partial charge in [-0.15, -0.1) is 0 Å². The van der Waals surface area contributed by atoms with E-state index in [-0.39, 0.29) is 5.04 Å². The highest BCUT2D eigenvalue weighted by atomic mass is 32.2. The lowest BCUT2D eigenvalue weighted by molar-refractivity contribution is 0.336. The Hall–Kier alpha value is -2.50. The van der Waals surface area contributed by atoms with Crippen molar-refractivity contribution in [3.63, 3.8) is 0 Å². The van der Waals surface area contributed by atoms with E-state index >= 15 is 0 Å². The van der Waals surface area contributed by atoms with Crippen LogP contribution in [0.4, 0.5) is 0 Å². The Morgan fingerprint density at radius 3 is 1.88 bits per heavy atom. The van der Waals surface area contributed by atoms with E-state index in [1.54, 1.807) is 11.8 Å². The summed E-state index contributed by atoms with van der Waals surface area (Å²) in [5.41, 5.74) is 2.54. The van der Waals surface area contributed by atoms with Crippen LogP contribution in [0.25, 0.3) is 0 Å². The van der Waals surface area contributed by atoms with Crippen LogP contribution in [0.15, 0.2) is 101 Å². The van der Waals surface area contributed by atoms with E-state index in [4.69, 9.17) is 4.43 Å². The van der Waals surface area contributed by atoms with Gasteiger partial charge in [0.1, 0.15) is 5.03 Å². The SMILES string of the molecule is CC(C)(C)[Si](C)(C)O/C(=C\N(Cc1ccccc1)Cc1ccccc1)Sc1ccccn1. The maximum Gasteiger partial charge on any atom is 0.251 e. The molecule has 0 N–H and O–H groups in total. The summed E-state index contributed by atoms with van der Waals surface area (Å²) < 4.78 is 6.79. The van der Waals surface area contributed by atoms with Crippen LogP contribution in [0.1, 0.15) is 31.9 Å². The Labute approximate surface area is 198 Å². The lowest BCUT2D eigenvalue weighted by Gasteiger charge is -2.37. The van der Waals surface area contributed by atoms with E-state index in [1.165, 1.54) is 11.1 Å². The van der Waals surface area contributed by atoms with E-state index in [0.717, 1.165) is 23.2 Å². The smallest absolute Gasteiger partial charge is 0.251 e. The van der Waals surface area contributed by atoms with Crippen LogP contribution < -0.4 is 0 Å². The van der Waals surface area contributed by atoms with Crippen molar-refractivity contribution in [1.82, 2.24) is 9.88 Å². The van der Waals surface area contributed by atoms with Gasteiger partial charge < -0.3 is 9.33 Å². The van der Waals surface area contributed by atoms with Gasteiger partial charge in [-0.3, -0.25) is 0 Å². The Bertz CT molecular complexity index is 945. The molecule has 0 spiro atoms. The second-order valence-electron chi connectivity index (χ2n) is 9.46. The molecule has 168 valence electrons. The Balaban J connectivity index is 1.94. The average molecular weight is 463 g/mol. The highest BCUT2D eigenvalue weighted by Crippen LogP contribution is 2.41. The summed E-state index contributed by atoms with van der Waals surface area (Å²) in [5.74, 6) is 0. The minimum atomic E-state index is -2.02. The standard InChI is InChI=1S/C27H34N2OSSi/c1-27(2,3)32(4,5)30-26(31-25-18-12-13-19-28-25)22-29(20-23-14-8-6-9-15-23)21-24-16-10-7-11-17-24/h6-19,22H,20-21H2,1-5H3/b26-22+. The van der Waals surface area contributed by atoms with E-state index < -0.39 is 8.32 Å². The highest BCUT2D eigenvalue weighted by Gasteiger charge is 2.39. The summed E-state index contributed by atoms with van der Waals surface area (Å²) in [4.78, 5) is 6.86. The van der Waals surface area contributed by atoms with Crippen molar-refractivity contribution in [3.8, 4) is 0 Å². The molecule has 0 aliphatic heterocycles. The molecule has 0 aliphatic rings. The highest BCUT2D eigenvalue weighted by molar-refractivity contribution is 8.02. The average Bonchev–Trinajstić information content (AvgIpc) is 2.75. The van der Waals surface area contributed by atoms with E-state index in [9.17, 15) is 0 Å². The third kappa shape index (κ3) is 7.28. The molecule has 0 aliphatic carbocycles. The molecule has 3 aromatic rings. The van der Waals surface area contributed by atoms with Gasteiger partial charge in [0, 0.05) is 25.5 Å². The topological polar surface area (TPSA) is 25.4 Å². The summed E-state index contributed by atoms with van der Waals surface area (Å²) >= 11 is 1.60. The number of thioether (sulfide) groups is 1. The number of hydrogen-bond donors (Lipinski definition) is 0. The summed E-state index contributed by atoms with van der Waals surface area (Å²) in [6.07, 6.45) is 4.01. The molecule has 32 heavy (non-hydrogen) atoms. The van der Waals surface area contributed by atoms with Gasteiger partial charge in [-0.1, -0.05) is 87.5 Å². The quantitative estimate of drug-likeness (QED) is 0.185. The minimum absolute atomic E-state index is 0.112. The van der Waals surface area contributed by atoms with Crippen LogP contribution in [0.2, 0.25) is 18.1 Å². The minimum Gasteiger partial charge on any atom is -0.538 e. The fourth-order valence-corrected chi connectivity index (χ4v) is 5.24. The van der Waals surface area contributed by atoms with Crippen molar-refractivity contribution >= 4 is 20.1 Å². The molecule has 0 atom stereocenters. The molecule has 0 saturated carbocycles. The predicted octanol–water partition coefficient (Wildman–Crippen LogP) is 7.70. The maximum absolute atomic E-state index is 6.79. The van der Waals surface area contributed by atoms with Gasteiger partial charge in [-0.05, 0) is 53.2 Å². The Kier molecular flexibility index (Phi) is 8.21. The van der Waals surface area contributed by atoms with Crippen LogP contribution in [0.5, 0.6) is 0 Å². The first-order valence-electron chi connectivity index (χ1n) is 11.0. The van der Waals surface area contributed by atoms with Crippen molar-refractivity contribution < 1.29 is 4.43 Å². The molecule has 5 heteroatoms. The van der Waals surface area contributed by atoms with Crippen molar-refractivity contribution in [2.75, 3.05) is 0 Å². The third-order valence-electron chi connectivity index (χ3n) is 5.75. The van der Waals surface area contributed by atoms with Gasteiger partial charge in [0.25, 0.3) is 8.32 Å². The van der Waals surface area contributed by atoms with E-state index in [0.29, 0.717) is 0 Å². The van der Waals surface area contributed by atoms with Crippen LogP contribution in [0.3, 0.4) is 0 Å². The zero-order valence-electron chi connectivity index (χ0n) is 19.8. The molecule has 0 fully saturated rings. The first-order valence-corrected chi connectivity index (χ1v) is 14.8. The molecule has 0 unspecified atom stereocenters. The summed E-state index contributed by atoms with van der Waals surface area (Å²) in [7, 11) is -2.02. The summed E-state index contributed by atoms with van der Waals surface area (Å²) in [6.45, 7) is 13.0. The molecular formula is C27H34N2OSSi. The first-order chi connectivity index (χ1) is 15.2. The molecular weight excluding hydrogens is 428 g/mol. The van der Waals surface area contributed by atoms with Gasteiger partial charge in [0.2, 0.25) is 0 Å². The number of rotatable bonds is 9. The van der Waals surface area contributed by atoms with Gasteiger partial charge in [0.15, 0.2) is 5.09 Å². The predicted molar refractivity (Wildman–Crippen MR) is 139 cm³/mol. The molecule has 1 aromatic heterocycles. The van der Waals surface area contributed by atoms with E-state index in [1.807, 2.05) is 24.4 Å². The van der Waals surface area contributed by atoms with Crippen molar-refractivity contribution in [2.45, 2.75) is 57.0 Å². The second-order valence-corrected chi connectivity index (χ2v) is 15.2. The molecule has 0 radical (unpaired) electrons. The number of hydrogen-bond acceptors (Lipinski definition) is 4. The monoisotopic (exact) mass is 462 g/mol. The lowest BCUT2D eigenvalue weighted by Crippen LogP contribution is -2.40. The second kappa shape index (κ2) is 10.9. The molecule has 0 amide bonds. The number of nitrogens with zero attached hydrogens (tertiary/aromatic N) is 2. The largest absolute Gasteiger partial charge is 0.538 e. The lowest BCUT2D eigenvalue weighted by atomic mass is 10.2. The first kappa shape index (κ1) is 24.1.